The standard InChI is InChI=1S/C17H23N3O2/c1-12(2)15-10-16(20(3)19-15)17(22)18-14(11-21)9-13-7-5-4-6-8-13/h4-8,10,12,14,21H,9,11H2,1-3H3,(H,18,22). The second-order valence-corrected chi connectivity index (χ2v) is 5.78. The molecule has 0 aliphatic carbocycles. The van der Waals surface area contributed by atoms with Crippen LogP contribution in [0.25, 0.3) is 0 Å². The van der Waals surface area contributed by atoms with Crippen LogP contribution in [0.2, 0.25) is 0 Å². The van der Waals surface area contributed by atoms with Gasteiger partial charge in [-0.3, -0.25) is 9.48 Å². The summed E-state index contributed by atoms with van der Waals surface area (Å²) in [7, 11) is 1.76. The maximum Gasteiger partial charge on any atom is 0.269 e. The summed E-state index contributed by atoms with van der Waals surface area (Å²) in [5.41, 5.74) is 2.47. The number of hydrogen-bond donors (Lipinski definition) is 2. The van der Waals surface area contributed by atoms with Crippen molar-refractivity contribution in [3.05, 3.63) is 53.3 Å². The molecule has 22 heavy (non-hydrogen) atoms. The quantitative estimate of drug-likeness (QED) is 0.856. The normalized spacial score (nSPS) is 12.4. The van der Waals surface area contributed by atoms with Gasteiger partial charge in [-0.05, 0) is 24.0 Å². The van der Waals surface area contributed by atoms with Crippen LogP contribution in [0.1, 0.15) is 41.5 Å². The third-order valence-electron chi connectivity index (χ3n) is 3.60. The highest BCUT2D eigenvalue weighted by atomic mass is 16.3. The van der Waals surface area contributed by atoms with Gasteiger partial charge in [-0.2, -0.15) is 5.10 Å². The molecule has 1 aromatic heterocycles. The zero-order chi connectivity index (χ0) is 16.1. The lowest BCUT2D eigenvalue weighted by molar-refractivity contribution is 0.0907. The molecule has 0 spiro atoms. The van der Waals surface area contributed by atoms with Crippen molar-refractivity contribution in [3.63, 3.8) is 0 Å². The molecule has 0 aliphatic rings. The molecule has 1 atom stereocenters. The minimum absolute atomic E-state index is 0.102. The Bertz CT molecular complexity index is 620. The van der Waals surface area contributed by atoms with Gasteiger partial charge in [0.15, 0.2) is 0 Å². The number of aliphatic hydroxyl groups is 1. The van der Waals surface area contributed by atoms with Gasteiger partial charge in [-0.25, -0.2) is 0 Å². The van der Waals surface area contributed by atoms with E-state index in [9.17, 15) is 9.90 Å². The second kappa shape index (κ2) is 7.22. The highest BCUT2D eigenvalue weighted by Gasteiger charge is 2.18. The first-order valence-corrected chi connectivity index (χ1v) is 7.50. The molecule has 0 saturated carbocycles. The first-order chi connectivity index (χ1) is 10.5. The van der Waals surface area contributed by atoms with Crippen LogP contribution in [0.15, 0.2) is 36.4 Å². The Labute approximate surface area is 131 Å². The van der Waals surface area contributed by atoms with Crippen LogP contribution in [-0.4, -0.2) is 33.4 Å². The zero-order valence-corrected chi connectivity index (χ0v) is 13.3. The molecule has 2 N–H and O–H groups in total. The molecule has 0 saturated heterocycles. The first-order valence-electron chi connectivity index (χ1n) is 7.50. The summed E-state index contributed by atoms with van der Waals surface area (Å²) in [6, 6.07) is 11.3. The molecule has 0 fully saturated rings. The highest BCUT2D eigenvalue weighted by Crippen LogP contribution is 2.14. The Balaban J connectivity index is 2.06. The van der Waals surface area contributed by atoms with E-state index in [1.165, 1.54) is 0 Å². The summed E-state index contributed by atoms with van der Waals surface area (Å²) in [5, 5.41) is 16.7. The fraction of sp³-hybridized carbons (Fsp3) is 0.412. The van der Waals surface area contributed by atoms with Crippen molar-refractivity contribution >= 4 is 5.91 Å². The van der Waals surface area contributed by atoms with Crippen molar-refractivity contribution < 1.29 is 9.90 Å². The van der Waals surface area contributed by atoms with Gasteiger partial charge in [0.05, 0.1) is 18.3 Å². The average Bonchev–Trinajstić information content (AvgIpc) is 2.90. The number of benzene rings is 1. The largest absolute Gasteiger partial charge is 0.394 e. The molecule has 2 aromatic rings. The monoisotopic (exact) mass is 301 g/mol. The van der Waals surface area contributed by atoms with E-state index in [2.05, 4.69) is 10.4 Å². The van der Waals surface area contributed by atoms with E-state index in [0.717, 1.165) is 11.3 Å². The van der Waals surface area contributed by atoms with E-state index in [-0.39, 0.29) is 24.5 Å². The van der Waals surface area contributed by atoms with Crippen molar-refractivity contribution in [2.75, 3.05) is 6.61 Å². The van der Waals surface area contributed by atoms with Gasteiger partial charge < -0.3 is 10.4 Å². The summed E-state index contributed by atoms with van der Waals surface area (Å²) < 4.78 is 1.58. The summed E-state index contributed by atoms with van der Waals surface area (Å²) in [5.74, 6) is 0.0580. The lowest BCUT2D eigenvalue weighted by Gasteiger charge is -2.16. The van der Waals surface area contributed by atoms with Crippen LogP contribution in [-0.2, 0) is 13.5 Å². The Morgan fingerprint density at radius 2 is 2.00 bits per heavy atom. The topological polar surface area (TPSA) is 67.2 Å². The van der Waals surface area contributed by atoms with Gasteiger partial charge in [-0.1, -0.05) is 44.2 Å². The van der Waals surface area contributed by atoms with Crippen LogP contribution in [0.3, 0.4) is 0 Å². The van der Waals surface area contributed by atoms with E-state index in [0.29, 0.717) is 12.1 Å². The number of aromatic nitrogens is 2. The Kier molecular flexibility index (Phi) is 5.33. The summed E-state index contributed by atoms with van der Waals surface area (Å²) >= 11 is 0. The number of amides is 1. The van der Waals surface area contributed by atoms with Crippen molar-refractivity contribution in [2.24, 2.45) is 7.05 Å². The molecular weight excluding hydrogens is 278 g/mol. The predicted octanol–water partition coefficient (Wildman–Crippen LogP) is 1.88. The van der Waals surface area contributed by atoms with Crippen molar-refractivity contribution in [1.29, 1.82) is 0 Å². The third kappa shape index (κ3) is 3.95. The number of hydrogen-bond acceptors (Lipinski definition) is 3. The minimum atomic E-state index is -0.313. The predicted molar refractivity (Wildman–Crippen MR) is 85.8 cm³/mol. The first kappa shape index (κ1) is 16.2. The van der Waals surface area contributed by atoms with E-state index in [1.54, 1.807) is 17.8 Å². The van der Waals surface area contributed by atoms with Crippen LogP contribution in [0.5, 0.6) is 0 Å². The number of nitrogens with zero attached hydrogens (tertiary/aromatic N) is 2. The second-order valence-electron chi connectivity index (χ2n) is 5.78. The number of aliphatic hydroxyl groups excluding tert-OH is 1. The third-order valence-corrected chi connectivity index (χ3v) is 3.60. The molecule has 1 unspecified atom stereocenters. The summed E-state index contributed by atoms with van der Waals surface area (Å²) in [4.78, 5) is 12.4. The molecule has 0 radical (unpaired) electrons. The molecule has 1 aromatic carbocycles. The molecule has 5 nitrogen and oxygen atoms in total. The number of aryl methyl sites for hydroxylation is 1. The average molecular weight is 301 g/mol. The van der Waals surface area contributed by atoms with Crippen molar-refractivity contribution in [1.82, 2.24) is 15.1 Å². The van der Waals surface area contributed by atoms with Gasteiger partial charge in [-0.15, -0.1) is 0 Å². The Morgan fingerprint density at radius 1 is 1.32 bits per heavy atom. The van der Waals surface area contributed by atoms with Gasteiger partial charge in [0, 0.05) is 7.05 Å². The molecule has 1 amide bonds. The fourth-order valence-corrected chi connectivity index (χ4v) is 2.30. The Hall–Kier alpha value is -2.14. The smallest absolute Gasteiger partial charge is 0.269 e. The van der Waals surface area contributed by atoms with Crippen LogP contribution in [0.4, 0.5) is 0 Å². The maximum absolute atomic E-state index is 12.4. The van der Waals surface area contributed by atoms with E-state index in [4.69, 9.17) is 0 Å². The number of carbonyl (C=O) groups is 1. The maximum atomic E-state index is 12.4. The van der Waals surface area contributed by atoms with E-state index in [1.807, 2.05) is 44.2 Å². The lowest BCUT2D eigenvalue weighted by Crippen LogP contribution is -2.39. The summed E-state index contributed by atoms with van der Waals surface area (Å²) in [6.45, 7) is 3.97. The van der Waals surface area contributed by atoms with Crippen LogP contribution < -0.4 is 5.32 Å². The van der Waals surface area contributed by atoms with E-state index >= 15 is 0 Å². The van der Waals surface area contributed by atoms with Crippen LogP contribution >= 0.6 is 0 Å². The lowest BCUT2D eigenvalue weighted by atomic mass is 10.1. The molecule has 1 heterocycles. The van der Waals surface area contributed by atoms with Crippen LogP contribution in [0, 0.1) is 0 Å². The van der Waals surface area contributed by atoms with Gasteiger partial charge >= 0.3 is 0 Å². The SMILES string of the molecule is CC(C)c1cc(C(=O)NC(CO)Cc2ccccc2)n(C)n1. The fourth-order valence-electron chi connectivity index (χ4n) is 2.30. The van der Waals surface area contributed by atoms with Gasteiger partial charge in [0.1, 0.15) is 5.69 Å². The highest BCUT2D eigenvalue weighted by molar-refractivity contribution is 5.92. The van der Waals surface area contributed by atoms with Gasteiger partial charge in [0.2, 0.25) is 0 Å². The molecular formula is C17H23N3O2. The molecule has 0 aliphatic heterocycles. The van der Waals surface area contributed by atoms with Crippen molar-refractivity contribution in [3.8, 4) is 0 Å². The number of carbonyl (C=O) groups excluding carboxylic acids is 1. The number of rotatable bonds is 6. The molecule has 5 heteroatoms. The Morgan fingerprint density at radius 3 is 2.55 bits per heavy atom. The molecule has 0 bridgehead atoms. The van der Waals surface area contributed by atoms with Gasteiger partial charge in [0.25, 0.3) is 5.91 Å². The zero-order valence-electron chi connectivity index (χ0n) is 13.3. The minimum Gasteiger partial charge on any atom is -0.394 e. The molecule has 2 rings (SSSR count). The number of nitrogens with one attached hydrogen (secondary N) is 1. The summed E-state index contributed by atoms with van der Waals surface area (Å²) in [6.07, 6.45) is 0.595. The molecule has 118 valence electrons. The van der Waals surface area contributed by atoms with Crippen molar-refractivity contribution in [2.45, 2.75) is 32.2 Å². The van der Waals surface area contributed by atoms with E-state index < -0.39 is 0 Å².